The average molecular weight is 405 g/mol. The second-order valence-corrected chi connectivity index (χ2v) is 7.44. The molecule has 0 saturated carbocycles. The van der Waals surface area contributed by atoms with E-state index in [4.69, 9.17) is 16.3 Å². The van der Waals surface area contributed by atoms with Gasteiger partial charge < -0.3 is 19.9 Å². The molecule has 1 aromatic carbocycles. The van der Waals surface area contributed by atoms with Gasteiger partial charge in [0.25, 0.3) is 0 Å². The topological polar surface area (TPSA) is 87.3 Å². The number of carbonyl (C=O) groups excluding carboxylic acids is 2. The van der Waals surface area contributed by atoms with E-state index in [-0.39, 0.29) is 18.0 Å². The minimum atomic E-state index is -0.705. The van der Waals surface area contributed by atoms with Gasteiger partial charge in [0.15, 0.2) is 0 Å². The Kier molecular flexibility index (Phi) is 6.24. The van der Waals surface area contributed by atoms with E-state index in [1.54, 1.807) is 17.3 Å². The molecule has 0 radical (unpaired) electrons. The zero-order valence-electron chi connectivity index (χ0n) is 16.2. The Bertz CT molecular complexity index is 853. The van der Waals surface area contributed by atoms with Crippen LogP contribution in [0.2, 0.25) is 5.02 Å². The van der Waals surface area contributed by atoms with Crippen LogP contribution in [0.15, 0.2) is 30.6 Å². The summed E-state index contributed by atoms with van der Waals surface area (Å²) in [6, 6.07) is 5.99. The largest absolute Gasteiger partial charge is 0.467 e. The number of urea groups is 1. The number of amides is 2. The summed E-state index contributed by atoms with van der Waals surface area (Å²) in [4.78, 5) is 34.7. The maximum Gasteiger partial charge on any atom is 0.328 e. The highest BCUT2D eigenvalue weighted by Gasteiger charge is 2.36. The zero-order chi connectivity index (χ0) is 20.3. The van der Waals surface area contributed by atoms with Gasteiger partial charge in [0, 0.05) is 23.7 Å². The van der Waals surface area contributed by atoms with E-state index < -0.39 is 12.0 Å². The highest BCUT2D eigenvalue weighted by Crippen LogP contribution is 2.34. The molecule has 7 nitrogen and oxygen atoms in total. The van der Waals surface area contributed by atoms with Crippen molar-refractivity contribution in [2.45, 2.75) is 38.8 Å². The summed E-state index contributed by atoms with van der Waals surface area (Å²) in [5.74, 6) is -0.494. The van der Waals surface area contributed by atoms with Crippen LogP contribution in [-0.2, 0) is 16.0 Å². The molecule has 1 aliphatic heterocycles. The lowest BCUT2D eigenvalue weighted by molar-refractivity contribution is -0.144. The van der Waals surface area contributed by atoms with Gasteiger partial charge in [-0.2, -0.15) is 0 Å². The van der Waals surface area contributed by atoms with Gasteiger partial charge in [-0.1, -0.05) is 44.0 Å². The third-order valence-corrected chi connectivity index (χ3v) is 5.53. The van der Waals surface area contributed by atoms with E-state index in [2.05, 4.69) is 15.3 Å². The SMILES string of the molecule is CC[C@@H](C)[C@H](NC(=O)N1CCc2[nH]cnc2[C@@H]1c1cccc(Cl)c1)C(=O)OC. The molecular formula is C20H25ClN4O3. The first kappa shape index (κ1) is 20.2. The van der Waals surface area contributed by atoms with E-state index in [1.807, 2.05) is 32.0 Å². The van der Waals surface area contributed by atoms with Crippen LogP contribution in [0, 0.1) is 5.92 Å². The van der Waals surface area contributed by atoms with E-state index in [1.165, 1.54) is 7.11 Å². The average Bonchev–Trinajstić information content (AvgIpc) is 3.18. The Morgan fingerprint density at radius 3 is 2.93 bits per heavy atom. The number of carbonyl (C=O) groups is 2. The molecule has 1 aliphatic rings. The van der Waals surface area contributed by atoms with Crippen LogP contribution in [0.5, 0.6) is 0 Å². The van der Waals surface area contributed by atoms with Crippen LogP contribution < -0.4 is 5.32 Å². The number of methoxy groups -OCH3 is 1. The molecule has 0 bridgehead atoms. The molecular weight excluding hydrogens is 380 g/mol. The van der Waals surface area contributed by atoms with Gasteiger partial charge >= 0.3 is 12.0 Å². The van der Waals surface area contributed by atoms with Crippen molar-refractivity contribution < 1.29 is 14.3 Å². The van der Waals surface area contributed by atoms with Gasteiger partial charge in [-0.3, -0.25) is 0 Å². The Morgan fingerprint density at radius 1 is 1.46 bits per heavy atom. The van der Waals surface area contributed by atoms with Crippen molar-refractivity contribution in [1.29, 1.82) is 0 Å². The number of hydrogen-bond donors (Lipinski definition) is 2. The number of nitrogens with one attached hydrogen (secondary N) is 2. The monoisotopic (exact) mass is 404 g/mol. The molecule has 28 heavy (non-hydrogen) atoms. The third kappa shape index (κ3) is 3.99. The molecule has 2 aromatic rings. The molecule has 0 unspecified atom stereocenters. The lowest BCUT2D eigenvalue weighted by atomic mass is 9.95. The van der Waals surface area contributed by atoms with Gasteiger partial charge in [-0.05, 0) is 23.6 Å². The Hall–Kier alpha value is -2.54. The normalized spacial score (nSPS) is 18.1. The summed E-state index contributed by atoms with van der Waals surface area (Å²) in [5, 5.41) is 3.46. The van der Waals surface area contributed by atoms with Gasteiger partial charge in [0.05, 0.1) is 19.1 Å². The molecule has 3 rings (SSSR count). The number of ether oxygens (including phenoxy) is 1. The number of hydrogen-bond acceptors (Lipinski definition) is 4. The number of imidazole rings is 1. The summed E-state index contributed by atoms with van der Waals surface area (Å²) >= 11 is 6.19. The maximum atomic E-state index is 13.2. The second kappa shape index (κ2) is 8.65. The van der Waals surface area contributed by atoms with Crippen molar-refractivity contribution in [1.82, 2.24) is 20.2 Å². The fourth-order valence-electron chi connectivity index (χ4n) is 3.52. The number of rotatable bonds is 5. The van der Waals surface area contributed by atoms with Gasteiger partial charge in [-0.25, -0.2) is 14.6 Å². The number of fused-ring (bicyclic) bond motifs is 1. The number of benzene rings is 1. The van der Waals surface area contributed by atoms with Crippen molar-refractivity contribution in [3.63, 3.8) is 0 Å². The van der Waals surface area contributed by atoms with E-state index >= 15 is 0 Å². The predicted octanol–water partition coefficient (Wildman–Crippen LogP) is 3.31. The van der Waals surface area contributed by atoms with Gasteiger partial charge in [-0.15, -0.1) is 0 Å². The van der Waals surface area contributed by atoms with Crippen LogP contribution in [-0.4, -0.2) is 46.6 Å². The van der Waals surface area contributed by atoms with Crippen LogP contribution in [0.4, 0.5) is 4.79 Å². The Morgan fingerprint density at radius 2 is 2.25 bits per heavy atom. The fraction of sp³-hybridized carbons (Fsp3) is 0.450. The van der Waals surface area contributed by atoms with E-state index in [0.29, 0.717) is 18.0 Å². The molecule has 1 aromatic heterocycles. The number of aromatic nitrogens is 2. The first-order valence-corrected chi connectivity index (χ1v) is 9.76. The maximum absolute atomic E-state index is 13.2. The lowest BCUT2D eigenvalue weighted by Gasteiger charge is -2.36. The van der Waals surface area contributed by atoms with Crippen LogP contribution in [0.1, 0.15) is 43.3 Å². The highest BCUT2D eigenvalue weighted by atomic mass is 35.5. The smallest absolute Gasteiger partial charge is 0.328 e. The number of halogens is 1. The van der Waals surface area contributed by atoms with E-state index in [9.17, 15) is 9.59 Å². The molecule has 2 heterocycles. The summed E-state index contributed by atoms with van der Waals surface area (Å²) < 4.78 is 4.89. The standard InChI is InChI=1S/C20H25ClN4O3/c1-4-12(2)16(19(26)28-3)24-20(27)25-9-8-15-17(23-11-22-15)18(25)13-6-5-7-14(21)10-13/h5-7,10-12,16,18H,4,8-9H2,1-3H3,(H,22,23)(H,24,27)/t12-,16+,18+/m1/s1. The molecule has 3 atom stereocenters. The molecule has 2 N–H and O–H groups in total. The summed E-state index contributed by atoms with van der Waals surface area (Å²) in [7, 11) is 1.33. The van der Waals surface area contributed by atoms with Crippen molar-refractivity contribution in [2.24, 2.45) is 5.92 Å². The first-order chi connectivity index (χ1) is 13.5. The Labute approximate surface area is 169 Å². The summed E-state index contributed by atoms with van der Waals surface area (Å²) in [5.41, 5.74) is 2.66. The quantitative estimate of drug-likeness (QED) is 0.748. The summed E-state index contributed by atoms with van der Waals surface area (Å²) in [6.45, 7) is 4.38. The van der Waals surface area contributed by atoms with Crippen molar-refractivity contribution in [3.05, 3.63) is 52.6 Å². The Balaban J connectivity index is 1.92. The number of esters is 1. The third-order valence-electron chi connectivity index (χ3n) is 5.30. The molecule has 8 heteroatoms. The lowest BCUT2D eigenvalue weighted by Crippen LogP contribution is -2.53. The van der Waals surface area contributed by atoms with Crippen molar-refractivity contribution in [2.75, 3.05) is 13.7 Å². The number of aromatic amines is 1. The van der Waals surface area contributed by atoms with Crippen LogP contribution >= 0.6 is 11.6 Å². The minimum absolute atomic E-state index is 0.0493. The minimum Gasteiger partial charge on any atom is -0.467 e. The number of nitrogens with zero attached hydrogens (tertiary/aromatic N) is 2. The highest BCUT2D eigenvalue weighted by molar-refractivity contribution is 6.30. The van der Waals surface area contributed by atoms with Gasteiger partial charge in [0.2, 0.25) is 0 Å². The molecule has 0 aliphatic carbocycles. The fourth-order valence-corrected chi connectivity index (χ4v) is 3.72. The van der Waals surface area contributed by atoms with E-state index in [0.717, 1.165) is 23.4 Å². The number of H-pyrrole nitrogens is 1. The second-order valence-electron chi connectivity index (χ2n) is 7.00. The van der Waals surface area contributed by atoms with Crippen LogP contribution in [0.25, 0.3) is 0 Å². The molecule has 0 spiro atoms. The van der Waals surface area contributed by atoms with Crippen LogP contribution in [0.3, 0.4) is 0 Å². The molecule has 2 amide bonds. The van der Waals surface area contributed by atoms with Gasteiger partial charge in [0.1, 0.15) is 12.1 Å². The van der Waals surface area contributed by atoms with Crippen molar-refractivity contribution >= 4 is 23.6 Å². The molecule has 0 saturated heterocycles. The van der Waals surface area contributed by atoms with Crippen molar-refractivity contribution in [3.8, 4) is 0 Å². The molecule has 0 fully saturated rings. The molecule has 150 valence electrons. The predicted molar refractivity (Wildman–Crippen MR) is 106 cm³/mol. The first-order valence-electron chi connectivity index (χ1n) is 9.38. The summed E-state index contributed by atoms with van der Waals surface area (Å²) in [6.07, 6.45) is 3.04. The zero-order valence-corrected chi connectivity index (χ0v) is 17.0.